The monoisotopic (exact) mass is 279 g/mol. The van der Waals surface area contributed by atoms with Crippen LogP contribution in [-0.2, 0) is 6.42 Å². The third-order valence-electron chi connectivity index (χ3n) is 3.52. The molecule has 3 nitrogen and oxygen atoms in total. The normalized spacial score (nSPS) is 11.4. The first kappa shape index (κ1) is 16.8. The second-order valence-corrected chi connectivity index (χ2v) is 5.85. The highest BCUT2D eigenvalue weighted by Crippen LogP contribution is 2.31. The Kier molecular flexibility index (Phi) is 6.86. The second-order valence-electron chi connectivity index (χ2n) is 5.85. The van der Waals surface area contributed by atoms with Crippen molar-refractivity contribution >= 4 is 0 Å². The molecule has 114 valence electrons. The lowest BCUT2D eigenvalue weighted by molar-refractivity contribution is 0.286. The van der Waals surface area contributed by atoms with E-state index in [-0.39, 0.29) is 0 Å². The minimum Gasteiger partial charge on any atom is -0.490 e. The molecule has 0 aliphatic heterocycles. The smallest absolute Gasteiger partial charge is 0.161 e. The van der Waals surface area contributed by atoms with E-state index in [1.54, 1.807) is 0 Å². The van der Waals surface area contributed by atoms with Crippen LogP contribution in [0.3, 0.4) is 0 Å². The van der Waals surface area contributed by atoms with E-state index in [0.717, 1.165) is 37.3 Å². The van der Waals surface area contributed by atoms with Gasteiger partial charge in [0.05, 0.1) is 13.2 Å². The molecule has 0 heterocycles. The van der Waals surface area contributed by atoms with E-state index in [2.05, 4.69) is 26.0 Å². The standard InChI is InChI=1S/C17H29NO2/c1-5-19-15-8-7-14(13-16(15)20-6-2)9-10-17(3,4)11-12-18/h7-8,13H,5-6,9-12,18H2,1-4H3. The highest BCUT2D eigenvalue weighted by Gasteiger charge is 2.17. The van der Waals surface area contributed by atoms with Gasteiger partial charge in [0.25, 0.3) is 0 Å². The predicted molar refractivity (Wildman–Crippen MR) is 84.6 cm³/mol. The fraction of sp³-hybridized carbons (Fsp3) is 0.647. The van der Waals surface area contributed by atoms with E-state index in [9.17, 15) is 0 Å². The Balaban J connectivity index is 2.73. The highest BCUT2D eigenvalue weighted by atomic mass is 16.5. The number of nitrogens with two attached hydrogens (primary N) is 1. The summed E-state index contributed by atoms with van der Waals surface area (Å²) < 4.78 is 11.3. The van der Waals surface area contributed by atoms with Gasteiger partial charge >= 0.3 is 0 Å². The maximum atomic E-state index is 5.66. The lowest BCUT2D eigenvalue weighted by Crippen LogP contribution is -2.17. The van der Waals surface area contributed by atoms with Crippen molar-refractivity contribution in [2.24, 2.45) is 11.1 Å². The maximum Gasteiger partial charge on any atom is 0.161 e. The van der Waals surface area contributed by atoms with E-state index in [1.165, 1.54) is 5.56 Å². The fourth-order valence-electron chi connectivity index (χ4n) is 2.25. The predicted octanol–water partition coefficient (Wildman–Crippen LogP) is 3.79. The van der Waals surface area contributed by atoms with Crippen LogP contribution in [0, 0.1) is 5.41 Å². The molecule has 0 atom stereocenters. The summed E-state index contributed by atoms with van der Waals surface area (Å²) in [4.78, 5) is 0. The van der Waals surface area contributed by atoms with Gasteiger partial charge in [-0.3, -0.25) is 0 Å². The quantitative estimate of drug-likeness (QED) is 0.748. The van der Waals surface area contributed by atoms with Crippen LogP contribution in [0.1, 0.15) is 46.1 Å². The SMILES string of the molecule is CCOc1ccc(CCC(C)(C)CCN)cc1OCC. The van der Waals surface area contributed by atoms with Crippen molar-refractivity contribution in [3.8, 4) is 11.5 Å². The van der Waals surface area contributed by atoms with Crippen LogP contribution in [0.2, 0.25) is 0 Å². The Bertz CT molecular complexity index is 402. The third kappa shape index (κ3) is 5.41. The van der Waals surface area contributed by atoms with Crippen LogP contribution < -0.4 is 15.2 Å². The molecule has 1 aromatic carbocycles. The van der Waals surface area contributed by atoms with Crippen molar-refractivity contribution in [1.29, 1.82) is 0 Å². The van der Waals surface area contributed by atoms with E-state index < -0.39 is 0 Å². The van der Waals surface area contributed by atoms with E-state index in [4.69, 9.17) is 15.2 Å². The van der Waals surface area contributed by atoms with Gasteiger partial charge in [0.2, 0.25) is 0 Å². The number of hydrogen-bond donors (Lipinski definition) is 1. The molecular weight excluding hydrogens is 250 g/mol. The van der Waals surface area contributed by atoms with Crippen LogP contribution >= 0.6 is 0 Å². The summed E-state index contributed by atoms with van der Waals surface area (Å²) in [7, 11) is 0. The molecular formula is C17H29NO2. The summed E-state index contributed by atoms with van der Waals surface area (Å²) >= 11 is 0. The zero-order chi connectivity index (χ0) is 15.0. The van der Waals surface area contributed by atoms with Crippen LogP contribution in [0.5, 0.6) is 11.5 Å². The van der Waals surface area contributed by atoms with Gasteiger partial charge in [0.15, 0.2) is 11.5 Å². The minimum absolute atomic E-state index is 0.291. The molecule has 0 saturated heterocycles. The lowest BCUT2D eigenvalue weighted by Gasteiger charge is -2.24. The van der Waals surface area contributed by atoms with Gasteiger partial charge in [-0.05, 0) is 62.8 Å². The van der Waals surface area contributed by atoms with Crippen LogP contribution in [0.4, 0.5) is 0 Å². The fourth-order valence-corrected chi connectivity index (χ4v) is 2.25. The summed E-state index contributed by atoms with van der Waals surface area (Å²) in [6.07, 6.45) is 3.23. The van der Waals surface area contributed by atoms with Crippen molar-refractivity contribution in [1.82, 2.24) is 0 Å². The minimum atomic E-state index is 0.291. The van der Waals surface area contributed by atoms with Crippen molar-refractivity contribution in [3.05, 3.63) is 23.8 Å². The molecule has 0 amide bonds. The average Bonchev–Trinajstić information content (AvgIpc) is 2.39. The molecule has 0 unspecified atom stereocenters. The maximum absolute atomic E-state index is 5.66. The third-order valence-corrected chi connectivity index (χ3v) is 3.52. The molecule has 0 saturated carbocycles. The zero-order valence-electron chi connectivity index (χ0n) is 13.4. The number of ether oxygens (including phenoxy) is 2. The number of rotatable bonds is 9. The molecule has 0 aliphatic rings. The van der Waals surface area contributed by atoms with Gasteiger partial charge in [-0.2, -0.15) is 0 Å². The summed E-state index contributed by atoms with van der Waals surface area (Å²) in [5, 5.41) is 0. The van der Waals surface area contributed by atoms with Gasteiger partial charge < -0.3 is 15.2 Å². The lowest BCUT2D eigenvalue weighted by atomic mass is 9.83. The molecule has 0 aromatic heterocycles. The molecule has 2 N–H and O–H groups in total. The van der Waals surface area contributed by atoms with Crippen LogP contribution in [0.25, 0.3) is 0 Å². The first-order valence-corrected chi connectivity index (χ1v) is 7.61. The van der Waals surface area contributed by atoms with Crippen molar-refractivity contribution in [2.45, 2.75) is 47.0 Å². The Hall–Kier alpha value is -1.22. The van der Waals surface area contributed by atoms with Gasteiger partial charge in [0.1, 0.15) is 0 Å². The summed E-state index contributed by atoms with van der Waals surface area (Å²) in [5.41, 5.74) is 7.25. The van der Waals surface area contributed by atoms with Gasteiger partial charge in [0, 0.05) is 0 Å². The van der Waals surface area contributed by atoms with Crippen molar-refractivity contribution in [2.75, 3.05) is 19.8 Å². The van der Waals surface area contributed by atoms with Crippen molar-refractivity contribution in [3.63, 3.8) is 0 Å². The number of aryl methyl sites for hydroxylation is 1. The molecule has 20 heavy (non-hydrogen) atoms. The Morgan fingerprint density at radius 1 is 1.00 bits per heavy atom. The van der Waals surface area contributed by atoms with E-state index >= 15 is 0 Å². The molecule has 1 aromatic rings. The molecule has 0 bridgehead atoms. The Labute approximate surface area is 123 Å². The highest BCUT2D eigenvalue weighted by molar-refractivity contribution is 5.43. The average molecular weight is 279 g/mol. The van der Waals surface area contributed by atoms with Crippen molar-refractivity contribution < 1.29 is 9.47 Å². The second kappa shape index (κ2) is 8.15. The summed E-state index contributed by atoms with van der Waals surface area (Å²) in [6.45, 7) is 10.6. The summed E-state index contributed by atoms with van der Waals surface area (Å²) in [6, 6.07) is 6.25. The molecule has 0 aliphatic carbocycles. The number of hydrogen-bond acceptors (Lipinski definition) is 3. The molecule has 0 fully saturated rings. The van der Waals surface area contributed by atoms with E-state index in [0.29, 0.717) is 18.6 Å². The first-order chi connectivity index (χ1) is 9.52. The zero-order valence-corrected chi connectivity index (χ0v) is 13.4. The first-order valence-electron chi connectivity index (χ1n) is 7.61. The van der Waals surface area contributed by atoms with Gasteiger partial charge in [-0.15, -0.1) is 0 Å². The molecule has 0 spiro atoms. The Morgan fingerprint density at radius 2 is 1.65 bits per heavy atom. The summed E-state index contributed by atoms with van der Waals surface area (Å²) in [5.74, 6) is 1.68. The topological polar surface area (TPSA) is 44.5 Å². The molecule has 1 rings (SSSR count). The van der Waals surface area contributed by atoms with Gasteiger partial charge in [-0.1, -0.05) is 19.9 Å². The Morgan fingerprint density at radius 3 is 2.25 bits per heavy atom. The number of benzene rings is 1. The van der Waals surface area contributed by atoms with Crippen LogP contribution in [0.15, 0.2) is 18.2 Å². The molecule has 3 heteroatoms. The van der Waals surface area contributed by atoms with Gasteiger partial charge in [-0.25, -0.2) is 0 Å². The van der Waals surface area contributed by atoms with E-state index in [1.807, 2.05) is 19.9 Å². The van der Waals surface area contributed by atoms with Crippen LogP contribution in [-0.4, -0.2) is 19.8 Å². The largest absolute Gasteiger partial charge is 0.490 e. The molecule has 0 radical (unpaired) electrons.